The third kappa shape index (κ3) is 2.93. The quantitative estimate of drug-likeness (QED) is 0.832. The Labute approximate surface area is 133 Å². The molecule has 0 heterocycles. The van der Waals surface area contributed by atoms with Gasteiger partial charge in [-0.1, -0.05) is 42.5 Å². The van der Waals surface area contributed by atoms with E-state index in [1.54, 1.807) is 7.11 Å². The molecule has 0 radical (unpaired) electrons. The van der Waals surface area contributed by atoms with Gasteiger partial charge < -0.3 is 4.74 Å². The number of hydrogen-bond acceptors (Lipinski definition) is 2. The van der Waals surface area contributed by atoms with E-state index in [0.717, 1.165) is 18.6 Å². The summed E-state index contributed by atoms with van der Waals surface area (Å²) >= 11 is 0. The standard InChI is InChI=1S/C20H23NO/c1-21(2)20(15-7-5-4-6-8-15)18-10-9-17-14-19(22-3)12-11-16(17)13-18/h4-8,11-14,20H,9-10H2,1-3H3. The molecule has 2 heteroatoms. The lowest BCUT2D eigenvalue weighted by Gasteiger charge is -2.30. The van der Waals surface area contributed by atoms with Crippen molar-refractivity contribution in [3.05, 3.63) is 70.8 Å². The minimum Gasteiger partial charge on any atom is -0.497 e. The number of likely N-dealkylation sites (N-methyl/N-ethyl adjacent to an activating group) is 1. The summed E-state index contributed by atoms with van der Waals surface area (Å²) in [5.74, 6) is 0.947. The maximum atomic E-state index is 5.33. The van der Waals surface area contributed by atoms with Crippen LogP contribution in [0, 0.1) is 0 Å². The van der Waals surface area contributed by atoms with E-state index in [2.05, 4.69) is 67.5 Å². The van der Waals surface area contributed by atoms with Crippen LogP contribution in [-0.4, -0.2) is 26.1 Å². The van der Waals surface area contributed by atoms with Gasteiger partial charge in [0.1, 0.15) is 5.75 Å². The van der Waals surface area contributed by atoms with Gasteiger partial charge in [-0.05, 0) is 61.3 Å². The number of rotatable bonds is 4. The molecule has 1 aliphatic rings. The average molecular weight is 293 g/mol. The summed E-state index contributed by atoms with van der Waals surface area (Å²) in [5, 5.41) is 0. The SMILES string of the molecule is COc1ccc2c(c1)CCC(C(c1ccccc1)N(C)C)=C2. The van der Waals surface area contributed by atoms with Gasteiger partial charge in [0.05, 0.1) is 13.2 Å². The fraction of sp³-hybridized carbons (Fsp3) is 0.300. The molecule has 0 spiro atoms. The molecule has 0 N–H and O–H groups in total. The smallest absolute Gasteiger partial charge is 0.119 e. The topological polar surface area (TPSA) is 12.5 Å². The van der Waals surface area contributed by atoms with Gasteiger partial charge in [-0.2, -0.15) is 0 Å². The third-order valence-corrected chi connectivity index (χ3v) is 4.36. The lowest BCUT2D eigenvalue weighted by Crippen LogP contribution is -2.23. The van der Waals surface area contributed by atoms with E-state index in [1.807, 2.05) is 6.07 Å². The molecule has 0 amide bonds. The highest BCUT2D eigenvalue weighted by molar-refractivity contribution is 5.62. The highest BCUT2D eigenvalue weighted by atomic mass is 16.5. The summed E-state index contributed by atoms with van der Waals surface area (Å²) in [4.78, 5) is 2.30. The summed E-state index contributed by atoms with van der Waals surface area (Å²) < 4.78 is 5.33. The molecule has 1 aliphatic carbocycles. The normalized spacial score (nSPS) is 15.2. The summed E-state index contributed by atoms with van der Waals surface area (Å²) in [7, 11) is 6.04. The number of benzene rings is 2. The van der Waals surface area contributed by atoms with Crippen LogP contribution >= 0.6 is 0 Å². The molecule has 2 aromatic carbocycles. The average Bonchev–Trinajstić information content (AvgIpc) is 2.55. The number of hydrogen-bond donors (Lipinski definition) is 0. The summed E-state index contributed by atoms with van der Waals surface area (Å²) in [6, 6.07) is 17.5. The molecule has 0 fully saturated rings. The number of fused-ring (bicyclic) bond motifs is 1. The first-order valence-corrected chi connectivity index (χ1v) is 7.78. The maximum absolute atomic E-state index is 5.33. The van der Waals surface area contributed by atoms with Crippen molar-refractivity contribution in [1.82, 2.24) is 4.90 Å². The van der Waals surface area contributed by atoms with Gasteiger partial charge in [-0.3, -0.25) is 4.90 Å². The van der Waals surface area contributed by atoms with Crippen molar-refractivity contribution in [2.75, 3.05) is 21.2 Å². The van der Waals surface area contributed by atoms with Crippen LogP contribution in [0.5, 0.6) is 5.75 Å². The molecule has 0 saturated carbocycles. The molecular weight excluding hydrogens is 270 g/mol. The number of aryl methyl sites for hydroxylation is 1. The lowest BCUT2D eigenvalue weighted by atomic mass is 9.85. The van der Waals surface area contributed by atoms with Crippen LogP contribution in [0.4, 0.5) is 0 Å². The van der Waals surface area contributed by atoms with Gasteiger partial charge in [0.25, 0.3) is 0 Å². The van der Waals surface area contributed by atoms with Gasteiger partial charge in [0, 0.05) is 0 Å². The molecule has 22 heavy (non-hydrogen) atoms. The molecule has 1 unspecified atom stereocenters. The predicted molar refractivity (Wildman–Crippen MR) is 92.2 cm³/mol. The van der Waals surface area contributed by atoms with E-state index >= 15 is 0 Å². The van der Waals surface area contributed by atoms with E-state index in [9.17, 15) is 0 Å². The molecular formula is C20H23NO. The van der Waals surface area contributed by atoms with Crippen LogP contribution in [0.15, 0.2) is 54.1 Å². The Bertz CT molecular complexity index is 673. The van der Waals surface area contributed by atoms with Crippen LogP contribution < -0.4 is 4.74 Å². The maximum Gasteiger partial charge on any atom is 0.119 e. The molecule has 0 aromatic heterocycles. The van der Waals surface area contributed by atoms with Gasteiger partial charge in [-0.25, -0.2) is 0 Å². The van der Waals surface area contributed by atoms with Crippen molar-refractivity contribution >= 4 is 6.08 Å². The van der Waals surface area contributed by atoms with E-state index < -0.39 is 0 Å². The molecule has 3 rings (SSSR count). The Morgan fingerprint density at radius 2 is 1.77 bits per heavy atom. The first kappa shape index (κ1) is 14.9. The van der Waals surface area contributed by atoms with Gasteiger partial charge in [0.15, 0.2) is 0 Å². The van der Waals surface area contributed by atoms with Gasteiger partial charge >= 0.3 is 0 Å². The minimum atomic E-state index is 0.344. The van der Waals surface area contributed by atoms with Crippen LogP contribution in [0.1, 0.15) is 29.2 Å². The van der Waals surface area contributed by atoms with Crippen molar-refractivity contribution in [1.29, 1.82) is 0 Å². The van der Waals surface area contributed by atoms with Crippen LogP contribution in [0.25, 0.3) is 6.08 Å². The number of methoxy groups -OCH3 is 1. The molecule has 2 nitrogen and oxygen atoms in total. The van der Waals surface area contributed by atoms with Crippen molar-refractivity contribution in [2.24, 2.45) is 0 Å². The zero-order valence-corrected chi connectivity index (χ0v) is 13.5. The first-order valence-electron chi connectivity index (χ1n) is 7.78. The van der Waals surface area contributed by atoms with E-state index in [-0.39, 0.29) is 0 Å². The fourth-order valence-corrected chi connectivity index (χ4v) is 3.31. The van der Waals surface area contributed by atoms with E-state index in [4.69, 9.17) is 4.74 Å². The summed E-state index contributed by atoms with van der Waals surface area (Å²) in [5.41, 5.74) is 5.54. The summed E-state index contributed by atoms with van der Waals surface area (Å²) in [6.45, 7) is 0. The van der Waals surface area contributed by atoms with E-state index in [1.165, 1.54) is 22.3 Å². The second kappa shape index (κ2) is 6.37. The predicted octanol–water partition coefficient (Wildman–Crippen LogP) is 4.33. The van der Waals surface area contributed by atoms with Gasteiger partial charge in [0.2, 0.25) is 0 Å². The zero-order valence-electron chi connectivity index (χ0n) is 13.5. The largest absolute Gasteiger partial charge is 0.497 e. The Morgan fingerprint density at radius 1 is 1.00 bits per heavy atom. The Hall–Kier alpha value is -2.06. The zero-order chi connectivity index (χ0) is 15.5. The number of ether oxygens (including phenoxy) is 1. The second-order valence-corrected chi connectivity index (χ2v) is 6.06. The lowest BCUT2D eigenvalue weighted by molar-refractivity contribution is 0.332. The monoisotopic (exact) mass is 293 g/mol. The van der Waals surface area contributed by atoms with Crippen LogP contribution in [0.2, 0.25) is 0 Å². The van der Waals surface area contributed by atoms with Crippen molar-refractivity contribution in [3.63, 3.8) is 0 Å². The molecule has 0 saturated heterocycles. The third-order valence-electron chi connectivity index (χ3n) is 4.36. The Morgan fingerprint density at radius 3 is 2.45 bits per heavy atom. The molecule has 2 aromatic rings. The number of nitrogens with zero attached hydrogens (tertiary/aromatic N) is 1. The summed E-state index contributed by atoms with van der Waals surface area (Å²) in [6.07, 6.45) is 4.53. The van der Waals surface area contributed by atoms with Crippen molar-refractivity contribution in [2.45, 2.75) is 18.9 Å². The van der Waals surface area contributed by atoms with Crippen LogP contribution in [-0.2, 0) is 6.42 Å². The highest BCUT2D eigenvalue weighted by Gasteiger charge is 2.22. The fourth-order valence-electron chi connectivity index (χ4n) is 3.31. The Kier molecular flexibility index (Phi) is 4.30. The second-order valence-electron chi connectivity index (χ2n) is 6.06. The molecule has 0 aliphatic heterocycles. The van der Waals surface area contributed by atoms with Gasteiger partial charge in [-0.15, -0.1) is 0 Å². The van der Waals surface area contributed by atoms with Crippen LogP contribution in [0.3, 0.4) is 0 Å². The molecule has 1 atom stereocenters. The highest BCUT2D eigenvalue weighted by Crippen LogP contribution is 2.36. The minimum absolute atomic E-state index is 0.344. The Balaban J connectivity index is 1.97. The first-order chi connectivity index (χ1) is 10.7. The van der Waals surface area contributed by atoms with Crippen molar-refractivity contribution < 1.29 is 4.74 Å². The molecule has 114 valence electrons. The molecule has 0 bridgehead atoms. The van der Waals surface area contributed by atoms with Crippen molar-refractivity contribution in [3.8, 4) is 5.75 Å². The van der Waals surface area contributed by atoms with E-state index in [0.29, 0.717) is 6.04 Å².